The number of fused-ring (bicyclic) bond motifs is 1. The summed E-state index contributed by atoms with van der Waals surface area (Å²) in [7, 11) is 1.58. The molecule has 1 aliphatic carbocycles. The number of hydrogen-bond donors (Lipinski definition) is 2. The third-order valence-corrected chi connectivity index (χ3v) is 7.53. The summed E-state index contributed by atoms with van der Waals surface area (Å²) in [4.78, 5) is 45.3. The highest BCUT2D eigenvalue weighted by atomic mass is 16.5. The van der Waals surface area contributed by atoms with Gasteiger partial charge in [0.1, 0.15) is 11.3 Å². The third kappa shape index (κ3) is 5.53. The molecule has 1 saturated carbocycles. The minimum absolute atomic E-state index is 0.0152. The monoisotopic (exact) mass is 483 g/mol. The molecule has 0 unspecified atom stereocenters. The van der Waals surface area contributed by atoms with E-state index in [4.69, 9.17) is 9.47 Å². The molecule has 190 valence electrons. The van der Waals surface area contributed by atoms with Crippen LogP contribution in [0.5, 0.6) is 5.75 Å². The Balaban J connectivity index is 1.60. The summed E-state index contributed by atoms with van der Waals surface area (Å²) >= 11 is 0. The molecule has 2 N–H and O–H groups in total. The molecule has 2 fully saturated rings. The average Bonchev–Trinajstić information content (AvgIpc) is 3.30. The fourth-order valence-electron chi connectivity index (χ4n) is 5.18. The highest BCUT2D eigenvalue weighted by Crippen LogP contribution is 2.29. The normalized spacial score (nSPS) is 17.8. The lowest BCUT2D eigenvalue weighted by Gasteiger charge is -2.40. The van der Waals surface area contributed by atoms with Crippen LogP contribution in [-0.4, -0.2) is 65.9 Å². The number of aromatic nitrogens is 1. The smallest absolute Gasteiger partial charge is 0.295 e. The van der Waals surface area contributed by atoms with Crippen LogP contribution in [0.2, 0.25) is 0 Å². The zero-order valence-electron chi connectivity index (χ0n) is 21.0. The van der Waals surface area contributed by atoms with E-state index in [-0.39, 0.29) is 17.9 Å². The molecule has 1 aromatic heterocycles. The maximum absolute atomic E-state index is 13.8. The van der Waals surface area contributed by atoms with Gasteiger partial charge in [-0.2, -0.15) is 0 Å². The summed E-state index contributed by atoms with van der Waals surface area (Å²) < 4.78 is 10.7. The van der Waals surface area contributed by atoms with Crippen molar-refractivity contribution in [3.8, 4) is 5.75 Å². The Morgan fingerprint density at radius 2 is 1.83 bits per heavy atom. The quantitative estimate of drug-likeness (QED) is 0.439. The number of rotatable bonds is 8. The maximum atomic E-state index is 13.8. The number of ether oxygens (including phenoxy) is 2. The molecule has 35 heavy (non-hydrogen) atoms. The molecule has 4 rings (SSSR count). The zero-order chi connectivity index (χ0) is 25.0. The van der Waals surface area contributed by atoms with Crippen molar-refractivity contribution in [3.05, 3.63) is 30.0 Å². The molecule has 2 aliphatic rings. The van der Waals surface area contributed by atoms with Gasteiger partial charge in [0.2, 0.25) is 5.91 Å². The number of benzene rings is 1. The number of carbonyl (C=O) groups excluding carboxylic acids is 3. The van der Waals surface area contributed by atoms with Gasteiger partial charge in [0, 0.05) is 49.0 Å². The first kappa shape index (κ1) is 25.2. The van der Waals surface area contributed by atoms with Crippen LogP contribution in [0.4, 0.5) is 0 Å². The van der Waals surface area contributed by atoms with Crippen molar-refractivity contribution in [3.63, 3.8) is 0 Å². The van der Waals surface area contributed by atoms with E-state index < -0.39 is 17.2 Å². The summed E-state index contributed by atoms with van der Waals surface area (Å²) in [6.07, 6.45) is 8.48. The van der Waals surface area contributed by atoms with Gasteiger partial charge in [-0.1, -0.05) is 19.3 Å². The van der Waals surface area contributed by atoms with Gasteiger partial charge in [-0.15, -0.1) is 0 Å². The minimum atomic E-state index is -1.17. The molecule has 8 heteroatoms. The van der Waals surface area contributed by atoms with Crippen LogP contribution in [0.3, 0.4) is 0 Å². The van der Waals surface area contributed by atoms with Crippen LogP contribution in [0.25, 0.3) is 10.9 Å². The van der Waals surface area contributed by atoms with E-state index in [1.807, 2.05) is 0 Å². The number of nitrogens with zero attached hydrogens (tertiary/aromatic N) is 1. The van der Waals surface area contributed by atoms with Gasteiger partial charge in [0.25, 0.3) is 11.7 Å². The van der Waals surface area contributed by atoms with E-state index in [0.717, 1.165) is 44.0 Å². The van der Waals surface area contributed by atoms with Gasteiger partial charge >= 0.3 is 0 Å². The van der Waals surface area contributed by atoms with Gasteiger partial charge in [-0.3, -0.25) is 14.4 Å². The summed E-state index contributed by atoms with van der Waals surface area (Å²) in [5.41, 5.74) is -0.143. The maximum Gasteiger partial charge on any atom is 0.295 e. The van der Waals surface area contributed by atoms with Crippen LogP contribution >= 0.6 is 0 Å². The van der Waals surface area contributed by atoms with Crippen LogP contribution in [-0.2, 0) is 14.3 Å². The first-order valence-electron chi connectivity index (χ1n) is 12.7. The zero-order valence-corrected chi connectivity index (χ0v) is 21.0. The molecule has 2 heterocycles. The molecule has 8 nitrogen and oxygen atoms in total. The van der Waals surface area contributed by atoms with E-state index in [1.165, 1.54) is 11.3 Å². The van der Waals surface area contributed by atoms with Crippen molar-refractivity contribution in [1.82, 2.24) is 15.2 Å². The predicted molar refractivity (Wildman–Crippen MR) is 134 cm³/mol. The number of amides is 2. The lowest BCUT2D eigenvalue weighted by Crippen LogP contribution is -2.61. The third-order valence-electron chi connectivity index (χ3n) is 7.53. The summed E-state index contributed by atoms with van der Waals surface area (Å²) in [6.45, 7) is 5.11. The number of Topliss-reactive ketones (excluding diaryl/α,β-unsaturated/α-hetero) is 1. The molecule has 1 aromatic carbocycles. The number of ketones is 1. The van der Waals surface area contributed by atoms with Crippen LogP contribution in [0, 0.1) is 5.92 Å². The van der Waals surface area contributed by atoms with Crippen molar-refractivity contribution < 1.29 is 23.9 Å². The highest BCUT2D eigenvalue weighted by Gasteiger charge is 2.42. The van der Waals surface area contributed by atoms with Gasteiger partial charge < -0.3 is 24.7 Å². The first-order chi connectivity index (χ1) is 16.8. The second kappa shape index (κ2) is 10.8. The highest BCUT2D eigenvalue weighted by molar-refractivity contribution is 6.45. The topological polar surface area (TPSA) is 101 Å². The molecular formula is C27H37N3O5. The Labute approximate surface area is 206 Å². The van der Waals surface area contributed by atoms with E-state index in [0.29, 0.717) is 36.5 Å². The average molecular weight is 484 g/mol. The lowest BCUT2D eigenvalue weighted by molar-refractivity contribution is -0.144. The predicted octanol–water partition coefficient (Wildman–Crippen LogP) is 3.84. The molecular weight excluding hydrogens is 446 g/mol. The summed E-state index contributed by atoms with van der Waals surface area (Å²) in [6, 6.07) is 5.35. The van der Waals surface area contributed by atoms with Crippen molar-refractivity contribution in [2.75, 3.05) is 26.9 Å². The standard InChI is InChI=1S/C27H37N3O5/c1-27(2,26(33)29-19-11-13-35-14-12-19)30(17-18-7-5-4-6-8-18)25(32)24(31)22-16-28-23-15-20(34-3)9-10-21(22)23/h9-10,15-16,18-19,28H,4-8,11-14,17H2,1-3H3,(H,29,33). The molecule has 0 bridgehead atoms. The molecule has 0 spiro atoms. The summed E-state index contributed by atoms with van der Waals surface area (Å²) in [5.74, 6) is -0.536. The van der Waals surface area contributed by atoms with E-state index >= 15 is 0 Å². The fourth-order valence-corrected chi connectivity index (χ4v) is 5.18. The van der Waals surface area contributed by atoms with Crippen LogP contribution in [0.15, 0.2) is 24.4 Å². The fraction of sp³-hybridized carbons (Fsp3) is 0.593. The molecule has 0 atom stereocenters. The van der Waals surface area contributed by atoms with E-state index in [9.17, 15) is 14.4 Å². The summed E-state index contributed by atoms with van der Waals surface area (Å²) in [5, 5.41) is 3.76. The molecule has 2 amide bonds. The van der Waals surface area contributed by atoms with Crippen LogP contribution in [0.1, 0.15) is 69.2 Å². The SMILES string of the molecule is COc1ccc2c(C(=O)C(=O)N(CC3CCCCC3)C(C)(C)C(=O)NC3CCOCC3)c[nH]c2c1. The number of hydrogen-bond acceptors (Lipinski definition) is 5. The van der Waals surface area contributed by atoms with Crippen molar-refractivity contribution in [2.45, 2.75) is 70.4 Å². The van der Waals surface area contributed by atoms with Gasteiger partial charge in [0.05, 0.1) is 12.7 Å². The minimum Gasteiger partial charge on any atom is -0.497 e. The van der Waals surface area contributed by atoms with Crippen molar-refractivity contribution in [2.24, 2.45) is 5.92 Å². The van der Waals surface area contributed by atoms with Crippen molar-refractivity contribution in [1.29, 1.82) is 0 Å². The van der Waals surface area contributed by atoms with E-state index in [2.05, 4.69) is 10.3 Å². The largest absolute Gasteiger partial charge is 0.497 e. The van der Waals surface area contributed by atoms with Gasteiger partial charge in [0.15, 0.2) is 0 Å². The first-order valence-corrected chi connectivity index (χ1v) is 12.7. The number of methoxy groups -OCH3 is 1. The van der Waals surface area contributed by atoms with Crippen molar-refractivity contribution >= 4 is 28.5 Å². The lowest BCUT2D eigenvalue weighted by atomic mass is 9.87. The van der Waals surface area contributed by atoms with Gasteiger partial charge in [-0.05, 0) is 57.6 Å². The Bertz CT molecular complexity index is 1060. The van der Waals surface area contributed by atoms with E-state index in [1.54, 1.807) is 45.4 Å². The molecule has 2 aromatic rings. The van der Waals surface area contributed by atoms with Crippen LogP contribution < -0.4 is 10.1 Å². The molecule has 0 radical (unpaired) electrons. The number of nitrogens with one attached hydrogen (secondary N) is 2. The Morgan fingerprint density at radius 1 is 1.11 bits per heavy atom. The van der Waals surface area contributed by atoms with Gasteiger partial charge in [-0.25, -0.2) is 0 Å². The Hall–Kier alpha value is -2.87. The second-order valence-electron chi connectivity index (χ2n) is 10.3. The number of aromatic amines is 1. The molecule has 1 aliphatic heterocycles. The Morgan fingerprint density at radius 3 is 2.51 bits per heavy atom. The second-order valence-corrected chi connectivity index (χ2v) is 10.3. The number of carbonyl (C=O) groups is 3. The Kier molecular flexibility index (Phi) is 7.79. The molecule has 1 saturated heterocycles. The number of H-pyrrole nitrogens is 1.